The molecular weight excluding hydrogens is 520 g/mol. The van der Waals surface area contributed by atoms with E-state index in [4.69, 9.17) is 9.26 Å². The van der Waals surface area contributed by atoms with Gasteiger partial charge in [-0.05, 0) is 36.0 Å². The number of ether oxygens (including phenoxy) is 1. The van der Waals surface area contributed by atoms with Gasteiger partial charge in [-0.25, -0.2) is 4.98 Å². The first kappa shape index (κ1) is 28.4. The van der Waals surface area contributed by atoms with Crippen LogP contribution in [0.2, 0.25) is 0 Å². The van der Waals surface area contributed by atoms with Gasteiger partial charge in [0.2, 0.25) is 11.8 Å². The van der Waals surface area contributed by atoms with Crippen LogP contribution in [0.5, 0.6) is 5.88 Å². The molecule has 39 heavy (non-hydrogen) atoms. The molecule has 3 aromatic rings. The molecule has 4 atom stereocenters. The Bertz CT molecular complexity index is 1290. The van der Waals surface area contributed by atoms with Crippen LogP contribution < -0.4 is 10.1 Å². The van der Waals surface area contributed by atoms with Gasteiger partial charge in [0.1, 0.15) is 18.2 Å². The number of hydrogen-bond acceptors (Lipinski definition) is 9. The van der Waals surface area contributed by atoms with E-state index in [9.17, 15) is 19.5 Å². The summed E-state index contributed by atoms with van der Waals surface area (Å²) < 4.78 is 10.8. The zero-order valence-corrected chi connectivity index (χ0v) is 23.3. The summed E-state index contributed by atoms with van der Waals surface area (Å²) in [7, 11) is 0. The van der Waals surface area contributed by atoms with Crippen molar-refractivity contribution in [1.29, 1.82) is 0 Å². The molecule has 0 aliphatic carbocycles. The van der Waals surface area contributed by atoms with E-state index in [2.05, 4.69) is 15.5 Å². The van der Waals surface area contributed by atoms with Crippen LogP contribution in [0.4, 0.5) is 0 Å². The number of nitrogens with zero attached hydrogens (tertiary/aromatic N) is 3. The van der Waals surface area contributed by atoms with Gasteiger partial charge in [-0.3, -0.25) is 9.59 Å². The first-order valence-electron chi connectivity index (χ1n) is 13.0. The molecule has 1 fully saturated rings. The van der Waals surface area contributed by atoms with Crippen molar-refractivity contribution < 1.29 is 28.8 Å². The topological polar surface area (TPSA) is 135 Å². The van der Waals surface area contributed by atoms with Crippen LogP contribution in [0.1, 0.15) is 62.6 Å². The number of β-amino-alcohol motifs (C(OH)–C–C–N with tert-alkyl or cyclic N) is 1. The first-order chi connectivity index (χ1) is 18.7. The lowest BCUT2D eigenvalue weighted by molar-refractivity contribution is -0.141. The van der Waals surface area contributed by atoms with Gasteiger partial charge in [-0.1, -0.05) is 38.1 Å². The minimum Gasteiger partial charge on any atom is -0.475 e. The van der Waals surface area contributed by atoms with Crippen molar-refractivity contribution in [1.82, 2.24) is 20.4 Å². The number of aryl methyl sites for hydroxylation is 1. The van der Waals surface area contributed by atoms with E-state index in [0.717, 1.165) is 28.0 Å². The highest BCUT2D eigenvalue weighted by molar-refractivity contribution is 7.13. The Morgan fingerprint density at radius 2 is 2.03 bits per heavy atom. The zero-order valence-electron chi connectivity index (χ0n) is 22.5. The Labute approximate surface area is 231 Å². The number of likely N-dealkylation sites (tertiary alicyclic amines) is 1. The van der Waals surface area contributed by atoms with Crippen LogP contribution >= 0.6 is 11.3 Å². The van der Waals surface area contributed by atoms with Crippen LogP contribution in [0.3, 0.4) is 0 Å². The number of amides is 2. The molecule has 208 valence electrons. The van der Waals surface area contributed by atoms with Crippen LogP contribution in [-0.2, 0) is 14.4 Å². The minimum atomic E-state index is -0.818. The molecular formula is C28H34N4O6S. The Morgan fingerprint density at radius 3 is 2.67 bits per heavy atom. The second-order valence-corrected chi connectivity index (χ2v) is 11.0. The molecule has 1 aliphatic rings. The molecule has 1 aromatic carbocycles. The number of carbonyl (C=O) groups excluding carboxylic acids is 3. The Morgan fingerprint density at radius 1 is 1.28 bits per heavy atom. The number of carbonyl (C=O) groups is 3. The summed E-state index contributed by atoms with van der Waals surface area (Å²) in [5.74, 6) is -1.05. The molecule has 11 heteroatoms. The maximum absolute atomic E-state index is 13.7. The summed E-state index contributed by atoms with van der Waals surface area (Å²) in [5.41, 5.74) is 4.79. The maximum Gasteiger partial charge on any atom is 0.254 e. The number of nitrogens with one attached hydrogen (secondary N) is 1. The number of thiazole rings is 1. The number of rotatable bonds is 11. The van der Waals surface area contributed by atoms with E-state index in [0.29, 0.717) is 5.76 Å². The molecule has 1 aliphatic heterocycles. The van der Waals surface area contributed by atoms with Crippen molar-refractivity contribution in [3.8, 4) is 16.3 Å². The molecule has 1 unspecified atom stereocenters. The average molecular weight is 555 g/mol. The van der Waals surface area contributed by atoms with Crippen molar-refractivity contribution in [2.45, 2.75) is 64.6 Å². The van der Waals surface area contributed by atoms with Crippen LogP contribution in [0, 0.1) is 12.8 Å². The van der Waals surface area contributed by atoms with Crippen LogP contribution in [0.15, 0.2) is 40.4 Å². The number of benzene rings is 1. The van der Waals surface area contributed by atoms with Gasteiger partial charge in [-0.2, -0.15) is 0 Å². The molecule has 1 saturated heterocycles. The summed E-state index contributed by atoms with van der Waals surface area (Å²) in [4.78, 5) is 44.4. The quantitative estimate of drug-likeness (QED) is 0.271. The van der Waals surface area contributed by atoms with E-state index in [1.165, 1.54) is 11.0 Å². The fraction of sp³-hybridized carbons (Fsp3) is 0.464. The van der Waals surface area contributed by atoms with Gasteiger partial charge < -0.3 is 29.4 Å². The predicted octanol–water partition coefficient (Wildman–Crippen LogP) is 3.65. The average Bonchev–Trinajstić information content (AvgIpc) is 3.64. The van der Waals surface area contributed by atoms with Crippen LogP contribution in [-0.4, -0.2) is 63.5 Å². The van der Waals surface area contributed by atoms with E-state index in [-0.39, 0.29) is 55.6 Å². The number of aromatic nitrogens is 2. The molecule has 3 heterocycles. The van der Waals surface area contributed by atoms with Crippen molar-refractivity contribution in [2.75, 3.05) is 13.2 Å². The second-order valence-electron chi connectivity index (χ2n) is 10.1. The molecule has 4 rings (SSSR count). The van der Waals surface area contributed by atoms with Crippen molar-refractivity contribution in [3.05, 3.63) is 52.9 Å². The summed E-state index contributed by atoms with van der Waals surface area (Å²) in [6.07, 6.45) is 0.290. The molecule has 0 saturated carbocycles. The standard InChI is InChI=1S/C28H34N4O6S/c1-16(2)25(23-13-24(31-38-23)37-11-5-10-33)28(36)32-14-21(34)12-22(32)27(35)30-17(3)19-6-8-20(9-7-19)26-18(4)29-15-39-26/h6-10,13,15-17,21-22,25,34H,5,11-12,14H2,1-4H3,(H,30,35)/t17-,21+,22-,25?/m0/s1. The van der Waals surface area contributed by atoms with Gasteiger partial charge in [0.15, 0.2) is 5.76 Å². The minimum absolute atomic E-state index is 0.0498. The summed E-state index contributed by atoms with van der Waals surface area (Å²) in [6.45, 7) is 7.81. The summed E-state index contributed by atoms with van der Waals surface area (Å²) >= 11 is 1.58. The zero-order chi connectivity index (χ0) is 28.1. The van der Waals surface area contributed by atoms with Crippen LogP contribution in [0.25, 0.3) is 10.4 Å². The molecule has 2 aromatic heterocycles. The normalized spacial score (nSPS) is 18.7. The fourth-order valence-electron chi connectivity index (χ4n) is 4.81. The van der Waals surface area contributed by atoms with E-state index in [1.54, 1.807) is 11.3 Å². The summed E-state index contributed by atoms with van der Waals surface area (Å²) in [6, 6.07) is 8.38. The number of hydrogen-bond donors (Lipinski definition) is 2. The maximum atomic E-state index is 13.7. The highest BCUT2D eigenvalue weighted by Gasteiger charge is 2.43. The van der Waals surface area contributed by atoms with Gasteiger partial charge in [0.05, 0.1) is 34.8 Å². The molecule has 0 bridgehead atoms. The van der Waals surface area contributed by atoms with Gasteiger partial charge >= 0.3 is 0 Å². The highest BCUT2D eigenvalue weighted by Crippen LogP contribution is 2.33. The van der Waals surface area contributed by atoms with E-state index in [1.807, 2.05) is 57.5 Å². The van der Waals surface area contributed by atoms with Crippen molar-refractivity contribution in [2.24, 2.45) is 5.92 Å². The third-order valence-electron chi connectivity index (χ3n) is 6.87. The monoisotopic (exact) mass is 554 g/mol. The molecule has 2 amide bonds. The Kier molecular flexibility index (Phi) is 9.13. The lowest BCUT2D eigenvalue weighted by Gasteiger charge is -2.29. The summed E-state index contributed by atoms with van der Waals surface area (Å²) in [5, 5.41) is 17.3. The second kappa shape index (κ2) is 12.5. The molecule has 0 spiro atoms. The van der Waals surface area contributed by atoms with E-state index < -0.39 is 18.1 Å². The first-order valence-corrected chi connectivity index (χ1v) is 13.9. The Hall–Kier alpha value is -3.57. The molecule has 10 nitrogen and oxygen atoms in total. The lowest BCUT2D eigenvalue weighted by Crippen LogP contribution is -2.48. The highest BCUT2D eigenvalue weighted by atomic mass is 32.1. The van der Waals surface area contributed by atoms with Crippen molar-refractivity contribution >= 4 is 29.4 Å². The van der Waals surface area contributed by atoms with Gasteiger partial charge in [0, 0.05) is 25.5 Å². The third kappa shape index (κ3) is 6.54. The molecule has 0 radical (unpaired) electrons. The largest absolute Gasteiger partial charge is 0.475 e. The van der Waals surface area contributed by atoms with Gasteiger partial charge in [0.25, 0.3) is 5.88 Å². The van der Waals surface area contributed by atoms with Gasteiger partial charge in [-0.15, -0.1) is 11.3 Å². The van der Waals surface area contributed by atoms with Crippen molar-refractivity contribution in [3.63, 3.8) is 0 Å². The molecule has 2 N–H and O–H groups in total. The SMILES string of the molecule is Cc1ncsc1-c1ccc([C@H](C)NC(=O)[C@@H]2C[C@@H](O)CN2C(=O)C(c2cc(OCCC=O)no2)C(C)C)cc1. The van der Waals surface area contributed by atoms with E-state index >= 15 is 0 Å². The Balaban J connectivity index is 1.45. The fourth-order valence-corrected chi connectivity index (χ4v) is 5.62. The predicted molar refractivity (Wildman–Crippen MR) is 145 cm³/mol. The number of aliphatic hydroxyl groups excluding tert-OH is 1. The lowest BCUT2D eigenvalue weighted by atomic mass is 9.91. The third-order valence-corrected chi connectivity index (χ3v) is 7.85. The number of aliphatic hydroxyl groups is 1. The smallest absolute Gasteiger partial charge is 0.254 e. The number of aldehydes is 1.